The van der Waals surface area contributed by atoms with Crippen molar-refractivity contribution in [1.29, 1.82) is 0 Å². The van der Waals surface area contributed by atoms with Crippen LogP contribution in [0.4, 0.5) is 4.39 Å². The summed E-state index contributed by atoms with van der Waals surface area (Å²) in [4.78, 5) is -0.178. The molecule has 0 bridgehead atoms. The van der Waals surface area contributed by atoms with Crippen LogP contribution in [0.15, 0.2) is 23.1 Å². The van der Waals surface area contributed by atoms with Crippen molar-refractivity contribution in [2.45, 2.75) is 18.2 Å². The summed E-state index contributed by atoms with van der Waals surface area (Å²) in [6.45, 7) is 1.35. The Morgan fingerprint density at radius 3 is 2.52 bits per heavy atom. The number of likely N-dealkylation sites (N-methyl/N-ethyl adjacent to an activating group) is 1. The van der Waals surface area contributed by atoms with E-state index in [4.69, 9.17) is 10.2 Å². The zero-order valence-corrected chi connectivity index (χ0v) is 12.5. The molecule has 0 radical (unpaired) electrons. The fourth-order valence-electron chi connectivity index (χ4n) is 1.68. The molecule has 2 N–H and O–H groups in total. The molecule has 0 aliphatic carbocycles. The van der Waals surface area contributed by atoms with Crippen molar-refractivity contribution in [2.24, 2.45) is 0 Å². The van der Waals surface area contributed by atoms with Gasteiger partial charge in [0.1, 0.15) is 5.82 Å². The van der Waals surface area contributed by atoms with Gasteiger partial charge in [-0.1, -0.05) is 18.8 Å². The largest absolute Gasteiger partial charge is 0.395 e. The maximum Gasteiger partial charge on any atom is 0.243 e. The van der Waals surface area contributed by atoms with Gasteiger partial charge in [0.2, 0.25) is 10.0 Å². The summed E-state index contributed by atoms with van der Waals surface area (Å²) in [5.41, 5.74) is 0.0765. The molecular formula is C14H18FNO4S. The molecule has 1 aromatic rings. The van der Waals surface area contributed by atoms with E-state index in [9.17, 15) is 12.8 Å². The fraction of sp³-hybridized carbons (Fsp3) is 0.429. The zero-order valence-electron chi connectivity index (χ0n) is 11.7. The van der Waals surface area contributed by atoms with Gasteiger partial charge in [0, 0.05) is 19.5 Å². The first kappa shape index (κ1) is 17.6. The number of hydrogen-bond acceptors (Lipinski definition) is 4. The Morgan fingerprint density at radius 2 is 2.00 bits per heavy atom. The molecule has 116 valence electrons. The first-order chi connectivity index (χ1) is 9.97. The van der Waals surface area contributed by atoms with Gasteiger partial charge in [-0.3, -0.25) is 0 Å². The van der Waals surface area contributed by atoms with Gasteiger partial charge in [0.05, 0.1) is 23.7 Å². The van der Waals surface area contributed by atoms with E-state index < -0.39 is 15.8 Å². The minimum Gasteiger partial charge on any atom is -0.395 e. The van der Waals surface area contributed by atoms with Gasteiger partial charge in [0.25, 0.3) is 0 Å². The van der Waals surface area contributed by atoms with Crippen molar-refractivity contribution in [2.75, 3.05) is 26.3 Å². The normalized spacial score (nSPS) is 11.3. The molecule has 0 aliphatic heterocycles. The van der Waals surface area contributed by atoms with Crippen molar-refractivity contribution in [3.63, 3.8) is 0 Å². The van der Waals surface area contributed by atoms with Gasteiger partial charge in [-0.05, 0) is 18.2 Å². The third-order valence-electron chi connectivity index (χ3n) is 2.74. The highest BCUT2D eigenvalue weighted by atomic mass is 32.2. The Balaban J connectivity index is 3.11. The average Bonchev–Trinajstić information content (AvgIpc) is 2.46. The molecule has 7 heteroatoms. The van der Waals surface area contributed by atoms with E-state index in [0.717, 1.165) is 10.4 Å². The minimum atomic E-state index is -3.83. The lowest BCUT2D eigenvalue weighted by atomic mass is 10.2. The molecule has 0 fully saturated rings. The van der Waals surface area contributed by atoms with Crippen LogP contribution in [0.1, 0.15) is 18.9 Å². The van der Waals surface area contributed by atoms with Crippen molar-refractivity contribution in [1.82, 2.24) is 4.31 Å². The lowest BCUT2D eigenvalue weighted by molar-refractivity contribution is 0.257. The molecule has 0 atom stereocenters. The van der Waals surface area contributed by atoms with Crippen LogP contribution in [-0.2, 0) is 10.0 Å². The van der Waals surface area contributed by atoms with Gasteiger partial charge in [-0.2, -0.15) is 4.31 Å². The molecule has 0 saturated heterocycles. The predicted molar refractivity (Wildman–Crippen MR) is 76.5 cm³/mol. The Bertz CT molecular complexity index is 634. The standard InChI is InChI=1S/C14H18FNO4S/c1-2-16(8-10-18)21(19,20)13-7-6-12(14(15)11-13)5-3-4-9-17/h6-7,11,17-18H,2,4,8-10H2,1H3. The smallest absolute Gasteiger partial charge is 0.243 e. The van der Waals surface area contributed by atoms with Crippen molar-refractivity contribution >= 4 is 10.0 Å². The summed E-state index contributed by atoms with van der Waals surface area (Å²) in [5, 5.41) is 17.5. The Labute approximate surface area is 124 Å². The Kier molecular flexibility index (Phi) is 6.78. The maximum atomic E-state index is 13.9. The van der Waals surface area contributed by atoms with E-state index in [2.05, 4.69) is 11.8 Å². The Morgan fingerprint density at radius 1 is 1.29 bits per heavy atom. The monoisotopic (exact) mass is 315 g/mol. The number of nitrogens with zero attached hydrogens (tertiary/aromatic N) is 1. The Hall–Kier alpha value is -1.46. The molecule has 0 heterocycles. The highest BCUT2D eigenvalue weighted by Gasteiger charge is 2.23. The molecule has 0 saturated carbocycles. The number of halogens is 1. The second-order valence-electron chi connectivity index (χ2n) is 4.14. The molecule has 1 rings (SSSR count). The second-order valence-corrected chi connectivity index (χ2v) is 6.08. The molecule has 21 heavy (non-hydrogen) atoms. The maximum absolute atomic E-state index is 13.9. The summed E-state index contributed by atoms with van der Waals surface area (Å²) in [6, 6.07) is 3.49. The van der Waals surface area contributed by atoms with Gasteiger partial charge in [0.15, 0.2) is 0 Å². The van der Waals surface area contributed by atoms with Crippen molar-refractivity contribution in [3.05, 3.63) is 29.6 Å². The SMILES string of the molecule is CCN(CCO)S(=O)(=O)c1ccc(C#CCCO)c(F)c1. The van der Waals surface area contributed by atoms with Gasteiger partial charge in [-0.15, -0.1) is 0 Å². The third kappa shape index (κ3) is 4.51. The summed E-state index contributed by atoms with van der Waals surface area (Å²) < 4.78 is 39.4. The predicted octanol–water partition coefficient (Wildman–Crippen LogP) is 0.562. The topological polar surface area (TPSA) is 77.8 Å². The second kappa shape index (κ2) is 8.10. The van der Waals surface area contributed by atoms with E-state index in [1.54, 1.807) is 6.92 Å². The van der Waals surface area contributed by atoms with Crippen LogP contribution in [0.2, 0.25) is 0 Å². The summed E-state index contributed by atoms with van der Waals surface area (Å²) in [7, 11) is -3.83. The molecule has 0 unspecified atom stereocenters. The van der Waals surface area contributed by atoms with Gasteiger partial charge in [-0.25, -0.2) is 12.8 Å². The molecule has 1 aromatic carbocycles. The van der Waals surface area contributed by atoms with Gasteiger partial charge < -0.3 is 10.2 Å². The zero-order chi connectivity index (χ0) is 15.9. The van der Waals surface area contributed by atoms with E-state index >= 15 is 0 Å². The first-order valence-corrected chi connectivity index (χ1v) is 7.91. The summed E-state index contributed by atoms with van der Waals surface area (Å²) >= 11 is 0. The lowest BCUT2D eigenvalue weighted by Crippen LogP contribution is -2.33. The van der Waals surface area contributed by atoms with Crippen molar-refractivity contribution < 1.29 is 23.0 Å². The molecule has 5 nitrogen and oxygen atoms in total. The number of hydrogen-bond donors (Lipinski definition) is 2. The molecule has 0 aromatic heterocycles. The third-order valence-corrected chi connectivity index (χ3v) is 4.71. The quantitative estimate of drug-likeness (QED) is 0.752. The van der Waals surface area contributed by atoms with Crippen LogP contribution in [0, 0.1) is 17.7 Å². The molecule has 0 aliphatic rings. The highest BCUT2D eigenvalue weighted by molar-refractivity contribution is 7.89. The van der Waals surface area contributed by atoms with Gasteiger partial charge >= 0.3 is 0 Å². The number of benzene rings is 1. The van der Waals surface area contributed by atoms with Crippen LogP contribution >= 0.6 is 0 Å². The number of aliphatic hydroxyl groups excluding tert-OH is 2. The van der Waals surface area contributed by atoms with Crippen LogP contribution < -0.4 is 0 Å². The number of aliphatic hydroxyl groups is 2. The number of rotatable bonds is 6. The molecule has 0 amide bonds. The number of sulfonamides is 1. The van der Waals surface area contributed by atoms with E-state index in [1.165, 1.54) is 12.1 Å². The van der Waals surface area contributed by atoms with Crippen molar-refractivity contribution in [3.8, 4) is 11.8 Å². The summed E-state index contributed by atoms with van der Waals surface area (Å²) in [5.74, 6) is 4.36. The van der Waals surface area contributed by atoms with Crippen LogP contribution in [0.5, 0.6) is 0 Å². The molecule has 0 spiro atoms. The highest BCUT2D eigenvalue weighted by Crippen LogP contribution is 2.18. The fourth-order valence-corrected chi connectivity index (χ4v) is 3.13. The van der Waals surface area contributed by atoms with Crippen LogP contribution in [0.25, 0.3) is 0 Å². The van der Waals surface area contributed by atoms with E-state index in [-0.39, 0.29) is 43.2 Å². The first-order valence-electron chi connectivity index (χ1n) is 6.47. The van der Waals surface area contributed by atoms with E-state index in [0.29, 0.717) is 0 Å². The molecular weight excluding hydrogens is 297 g/mol. The van der Waals surface area contributed by atoms with Crippen LogP contribution in [-0.4, -0.2) is 49.2 Å². The minimum absolute atomic E-state index is 0.0431. The van der Waals surface area contributed by atoms with Crippen LogP contribution in [0.3, 0.4) is 0 Å². The lowest BCUT2D eigenvalue weighted by Gasteiger charge is -2.19. The summed E-state index contributed by atoms with van der Waals surface area (Å²) in [6.07, 6.45) is 0.222. The average molecular weight is 315 g/mol. The van der Waals surface area contributed by atoms with E-state index in [1.807, 2.05) is 0 Å².